The summed E-state index contributed by atoms with van der Waals surface area (Å²) in [5.41, 5.74) is 2.91. The lowest BCUT2D eigenvalue weighted by atomic mass is 10.1. The minimum Gasteiger partial charge on any atom is -0.493 e. The summed E-state index contributed by atoms with van der Waals surface area (Å²) in [5, 5.41) is 13.6. The standard InChI is InChI=1S/C25H26N6O4S/c1-5-7-20-22-23(31(4)29-20)25(32)28-24(27-22)19-13-18(10-11-21(19)35-6-2)36(33,34)30-17-9-8-16(14-26)15(3)12-17/h8-13,30H,5-7H2,1-4H3,(H,27,28,32). The predicted octanol–water partition coefficient (Wildman–Crippen LogP) is 3.66. The van der Waals surface area contributed by atoms with Crippen LogP contribution >= 0.6 is 0 Å². The van der Waals surface area contributed by atoms with E-state index in [9.17, 15) is 13.2 Å². The minimum atomic E-state index is -4.00. The molecule has 0 aliphatic rings. The number of hydrogen-bond acceptors (Lipinski definition) is 7. The quantitative estimate of drug-likeness (QED) is 0.371. The van der Waals surface area contributed by atoms with Gasteiger partial charge in [0.25, 0.3) is 15.6 Å². The molecule has 2 aromatic heterocycles. The van der Waals surface area contributed by atoms with Gasteiger partial charge in [0.05, 0.1) is 34.4 Å². The highest BCUT2D eigenvalue weighted by Crippen LogP contribution is 2.32. The van der Waals surface area contributed by atoms with Gasteiger partial charge in [-0.25, -0.2) is 13.4 Å². The molecule has 2 aromatic carbocycles. The van der Waals surface area contributed by atoms with E-state index in [0.717, 1.165) is 6.42 Å². The molecule has 0 aliphatic carbocycles. The number of fused-ring (bicyclic) bond motifs is 1. The van der Waals surface area contributed by atoms with Crippen LogP contribution in [0.2, 0.25) is 0 Å². The second-order valence-electron chi connectivity index (χ2n) is 8.27. The van der Waals surface area contributed by atoms with Crippen molar-refractivity contribution in [2.45, 2.75) is 38.5 Å². The maximum absolute atomic E-state index is 13.2. The van der Waals surface area contributed by atoms with Crippen molar-refractivity contribution in [1.29, 1.82) is 5.26 Å². The number of nitrogens with zero attached hydrogens (tertiary/aromatic N) is 4. The molecule has 0 spiro atoms. The van der Waals surface area contributed by atoms with E-state index in [4.69, 9.17) is 10.00 Å². The van der Waals surface area contributed by atoms with Gasteiger partial charge in [0.15, 0.2) is 5.52 Å². The van der Waals surface area contributed by atoms with Gasteiger partial charge in [-0.15, -0.1) is 0 Å². The van der Waals surface area contributed by atoms with Crippen molar-refractivity contribution in [3.8, 4) is 23.2 Å². The molecule has 11 heteroatoms. The third kappa shape index (κ3) is 4.67. The number of rotatable bonds is 8. The van der Waals surface area contributed by atoms with E-state index >= 15 is 0 Å². The van der Waals surface area contributed by atoms with Crippen LogP contribution in [0.15, 0.2) is 46.1 Å². The Hall–Kier alpha value is -4.17. The van der Waals surface area contributed by atoms with Gasteiger partial charge in [0.1, 0.15) is 17.1 Å². The van der Waals surface area contributed by atoms with Gasteiger partial charge in [-0.05, 0) is 62.2 Å². The van der Waals surface area contributed by atoms with Crippen LogP contribution in [0.4, 0.5) is 5.69 Å². The molecular weight excluding hydrogens is 480 g/mol. The second kappa shape index (κ2) is 9.83. The smallest absolute Gasteiger partial charge is 0.277 e. The van der Waals surface area contributed by atoms with Crippen molar-refractivity contribution in [3.63, 3.8) is 0 Å². The Labute approximate surface area is 208 Å². The predicted molar refractivity (Wildman–Crippen MR) is 136 cm³/mol. The molecule has 4 aromatic rings. The molecule has 0 atom stereocenters. The molecule has 0 fully saturated rings. The Morgan fingerprint density at radius 1 is 1.19 bits per heavy atom. The third-order valence-electron chi connectivity index (χ3n) is 5.66. The molecule has 0 bridgehead atoms. The van der Waals surface area contributed by atoms with E-state index in [0.29, 0.717) is 57.9 Å². The molecule has 0 amide bonds. The van der Waals surface area contributed by atoms with Crippen LogP contribution < -0.4 is 15.0 Å². The van der Waals surface area contributed by atoms with Crippen molar-refractivity contribution in [3.05, 3.63) is 63.6 Å². The van der Waals surface area contributed by atoms with E-state index in [1.807, 2.05) is 13.8 Å². The number of hydrogen-bond donors (Lipinski definition) is 2. The third-order valence-corrected chi connectivity index (χ3v) is 7.04. The number of anilines is 1. The van der Waals surface area contributed by atoms with Gasteiger partial charge in [-0.1, -0.05) is 13.3 Å². The highest BCUT2D eigenvalue weighted by molar-refractivity contribution is 7.92. The second-order valence-corrected chi connectivity index (χ2v) is 9.95. The van der Waals surface area contributed by atoms with Crippen LogP contribution in [0.1, 0.15) is 37.1 Å². The molecule has 10 nitrogen and oxygen atoms in total. The zero-order chi connectivity index (χ0) is 26.0. The Kier molecular flexibility index (Phi) is 6.81. The largest absolute Gasteiger partial charge is 0.493 e. The van der Waals surface area contributed by atoms with Gasteiger partial charge in [-0.2, -0.15) is 10.4 Å². The van der Waals surface area contributed by atoms with Crippen LogP contribution in [-0.4, -0.2) is 34.8 Å². The average molecular weight is 507 g/mol. The molecule has 0 unspecified atom stereocenters. The molecule has 36 heavy (non-hydrogen) atoms. The first-order valence-electron chi connectivity index (χ1n) is 11.4. The summed E-state index contributed by atoms with van der Waals surface area (Å²) < 4.78 is 36.2. The number of H-pyrrole nitrogens is 1. The van der Waals surface area contributed by atoms with Gasteiger partial charge >= 0.3 is 0 Å². The highest BCUT2D eigenvalue weighted by atomic mass is 32.2. The number of aryl methyl sites for hydroxylation is 3. The Morgan fingerprint density at radius 3 is 2.64 bits per heavy atom. The van der Waals surface area contributed by atoms with E-state index in [-0.39, 0.29) is 16.3 Å². The molecule has 2 N–H and O–H groups in total. The zero-order valence-electron chi connectivity index (χ0n) is 20.4. The maximum atomic E-state index is 13.2. The lowest BCUT2D eigenvalue weighted by molar-refractivity contribution is 0.341. The first-order chi connectivity index (χ1) is 17.2. The summed E-state index contributed by atoms with van der Waals surface area (Å²) >= 11 is 0. The monoisotopic (exact) mass is 506 g/mol. The molecule has 0 aliphatic heterocycles. The number of nitriles is 1. The molecule has 0 radical (unpaired) electrons. The first kappa shape index (κ1) is 24.9. The highest BCUT2D eigenvalue weighted by Gasteiger charge is 2.21. The van der Waals surface area contributed by atoms with Gasteiger partial charge in [0.2, 0.25) is 0 Å². The summed E-state index contributed by atoms with van der Waals surface area (Å²) in [6.45, 7) is 5.89. The van der Waals surface area contributed by atoms with E-state index < -0.39 is 10.0 Å². The molecule has 0 saturated carbocycles. The van der Waals surface area contributed by atoms with Crippen LogP contribution in [0.25, 0.3) is 22.4 Å². The zero-order valence-corrected chi connectivity index (χ0v) is 21.2. The van der Waals surface area contributed by atoms with Crippen molar-refractivity contribution >= 4 is 26.7 Å². The van der Waals surface area contributed by atoms with Crippen LogP contribution in [-0.2, 0) is 23.5 Å². The molecule has 4 rings (SSSR count). The number of ether oxygens (including phenoxy) is 1. The van der Waals surface area contributed by atoms with E-state index in [1.165, 1.54) is 28.9 Å². The van der Waals surface area contributed by atoms with E-state index in [2.05, 4.69) is 25.9 Å². The molecular formula is C25H26N6O4S. The summed E-state index contributed by atoms with van der Waals surface area (Å²) in [6.07, 6.45) is 1.47. The number of aromatic amines is 1. The number of sulfonamides is 1. The topological polar surface area (TPSA) is 143 Å². The van der Waals surface area contributed by atoms with E-state index in [1.54, 1.807) is 26.1 Å². The fourth-order valence-electron chi connectivity index (χ4n) is 3.99. The van der Waals surface area contributed by atoms with Crippen molar-refractivity contribution < 1.29 is 13.2 Å². The molecule has 2 heterocycles. The minimum absolute atomic E-state index is 0.0364. The summed E-state index contributed by atoms with van der Waals surface area (Å²) in [6, 6.07) is 11.1. The van der Waals surface area contributed by atoms with Crippen molar-refractivity contribution in [2.24, 2.45) is 7.05 Å². The molecule has 0 saturated heterocycles. The number of nitrogens with one attached hydrogen (secondary N) is 2. The SMILES string of the molecule is CCCc1nn(C)c2c(=O)[nH]c(-c3cc(S(=O)(=O)Nc4ccc(C#N)c(C)c4)ccc3OCC)nc12. The fourth-order valence-corrected chi connectivity index (χ4v) is 5.06. The van der Waals surface area contributed by atoms with Crippen LogP contribution in [0.3, 0.4) is 0 Å². The average Bonchev–Trinajstić information content (AvgIpc) is 3.15. The van der Waals surface area contributed by atoms with Gasteiger partial charge in [0, 0.05) is 12.7 Å². The first-order valence-corrected chi connectivity index (χ1v) is 12.9. The van der Waals surface area contributed by atoms with Crippen LogP contribution in [0.5, 0.6) is 5.75 Å². The number of aromatic nitrogens is 4. The van der Waals surface area contributed by atoms with Gasteiger partial charge in [-0.3, -0.25) is 14.2 Å². The Bertz CT molecular complexity index is 1660. The van der Waals surface area contributed by atoms with Gasteiger partial charge < -0.3 is 9.72 Å². The normalized spacial score (nSPS) is 11.4. The Balaban J connectivity index is 1.83. The Morgan fingerprint density at radius 2 is 1.97 bits per heavy atom. The summed E-state index contributed by atoms with van der Waals surface area (Å²) in [5.74, 6) is 0.571. The summed E-state index contributed by atoms with van der Waals surface area (Å²) in [7, 11) is -2.31. The fraction of sp³-hybridized carbons (Fsp3) is 0.280. The van der Waals surface area contributed by atoms with Crippen LogP contribution in [0, 0.1) is 18.3 Å². The lowest BCUT2D eigenvalue weighted by Crippen LogP contribution is -2.15. The maximum Gasteiger partial charge on any atom is 0.277 e. The van der Waals surface area contributed by atoms with Crippen molar-refractivity contribution in [2.75, 3.05) is 11.3 Å². The lowest BCUT2D eigenvalue weighted by Gasteiger charge is -2.14. The summed E-state index contributed by atoms with van der Waals surface area (Å²) in [4.78, 5) is 20.3. The van der Waals surface area contributed by atoms with Crippen molar-refractivity contribution in [1.82, 2.24) is 19.7 Å². The number of benzene rings is 2. The molecule has 186 valence electrons.